The molecule has 0 saturated carbocycles. The van der Waals surface area contributed by atoms with Crippen LogP contribution in [0.15, 0.2) is 48.8 Å². The maximum Gasteiger partial charge on any atom is 0.256 e. The number of hydrogen-bond donors (Lipinski definition) is 3. The van der Waals surface area contributed by atoms with Gasteiger partial charge in [0, 0.05) is 12.1 Å². The number of anilines is 1. The van der Waals surface area contributed by atoms with Gasteiger partial charge in [-0.05, 0) is 42.2 Å². The minimum atomic E-state index is -1.36. The molecule has 1 amide bonds. The lowest BCUT2D eigenvalue weighted by molar-refractivity contribution is -0.135. The molecule has 1 aliphatic carbocycles. The zero-order chi connectivity index (χ0) is 15.9. The fourth-order valence-corrected chi connectivity index (χ4v) is 3.17. The lowest BCUT2D eigenvalue weighted by Gasteiger charge is -2.32. The first kappa shape index (κ1) is 14.0. The van der Waals surface area contributed by atoms with E-state index in [1.54, 1.807) is 12.4 Å². The van der Waals surface area contributed by atoms with Gasteiger partial charge in [-0.3, -0.25) is 4.79 Å². The number of fused-ring (bicyclic) bond motifs is 2. The summed E-state index contributed by atoms with van der Waals surface area (Å²) in [6.45, 7) is 0. The Bertz CT molecular complexity index is 887. The average molecular weight is 307 g/mol. The summed E-state index contributed by atoms with van der Waals surface area (Å²) in [4.78, 5) is 19.7. The highest BCUT2D eigenvalue weighted by molar-refractivity contribution is 5.98. The van der Waals surface area contributed by atoms with Gasteiger partial charge in [0.05, 0.1) is 17.4 Å². The molecule has 1 heterocycles. The van der Waals surface area contributed by atoms with E-state index in [9.17, 15) is 9.90 Å². The highest BCUT2D eigenvalue weighted by Gasteiger charge is 2.39. The van der Waals surface area contributed by atoms with Crippen molar-refractivity contribution in [2.45, 2.75) is 24.9 Å². The molecule has 116 valence electrons. The third kappa shape index (κ3) is 2.49. The number of amides is 1. The normalized spacial score (nSPS) is 20.2. The number of aryl methyl sites for hydroxylation is 1. The van der Waals surface area contributed by atoms with E-state index >= 15 is 0 Å². The van der Waals surface area contributed by atoms with Crippen molar-refractivity contribution in [3.8, 4) is 0 Å². The Morgan fingerprint density at radius 1 is 1.22 bits per heavy atom. The van der Waals surface area contributed by atoms with Gasteiger partial charge in [0.25, 0.3) is 5.91 Å². The smallest absolute Gasteiger partial charge is 0.256 e. The first-order valence-electron chi connectivity index (χ1n) is 7.68. The summed E-state index contributed by atoms with van der Waals surface area (Å²) in [6.07, 6.45) is 3.10. The topological polar surface area (TPSA) is 78.0 Å². The molecular weight excluding hydrogens is 290 g/mol. The molecule has 4 rings (SSSR count). The quantitative estimate of drug-likeness (QED) is 0.680. The number of aliphatic hydroxyl groups is 1. The average Bonchev–Trinajstić information content (AvgIpc) is 3.02. The van der Waals surface area contributed by atoms with E-state index in [2.05, 4.69) is 21.4 Å². The number of nitrogens with zero attached hydrogens (tertiary/aromatic N) is 1. The molecule has 3 N–H and O–H groups in total. The van der Waals surface area contributed by atoms with Gasteiger partial charge in [0.2, 0.25) is 0 Å². The van der Waals surface area contributed by atoms with Gasteiger partial charge in [-0.15, -0.1) is 0 Å². The molecule has 2 aromatic carbocycles. The van der Waals surface area contributed by atoms with Crippen LogP contribution in [0.3, 0.4) is 0 Å². The summed E-state index contributed by atoms with van der Waals surface area (Å²) in [5, 5.41) is 13.6. The van der Waals surface area contributed by atoms with Gasteiger partial charge < -0.3 is 15.4 Å². The Morgan fingerprint density at radius 2 is 2.04 bits per heavy atom. The van der Waals surface area contributed by atoms with Gasteiger partial charge >= 0.3 is 0 Å². The van der Waals surface area contributed by atoms with E-state index in [1.807, 2.05) is 30.3 Å². The molecule has 0 unspecified atom stereocenters. The zero-order valence-electron chi connectivity index (χ0n) is 12.5. The van der Waals surface area contributed by atoms with Crippen molar-refractivity contribution in [1.82, 2.24) is 9.97 Å². The third-order valence-electron chi connectivity index (χ3n) is 4.51. The fourth-order valence-electron chi connectivity index (χ4n) is 3.17. The highest BCUT2D eigenvalue weighted by atomic mass is 16.3. The summed E-state index contributed by atoms with van der Waals surface area (Å²) >= 11 is 0. The second-order valence-electron chi connectivity index (χ2n) is 6.07. The van der Waals surface area contributed by atoms with Gasteiger partial charge in [-0.1, -0.05) is 24.3 Å². The summed E-state index contributed by atoms with van der Waals surface area (Å²) in [5.74, 6) is -0.356. The number of carbonyl (C=O) groups is 1. The van der Waals surface area contributed by atoms with Crippen molar-refractivity contribution in [2.75, 3.05) is 5.32 Å². The number of hydrogen-bond acceptors (Lipinski definition) is 3. The molecule has 5 heteroatoms. The predicted octanol–water partition coefficient (Wildman–Crippen LogP) is 2.42. The Balaban J connectivity index is 1.56. The number of benzene rings is 2. The summed E-state index contributed by atoms with van der Waals surface area (Å²) in [6, 6.07) is 13.4. The van der Waals surface area contributed by atoms with Gasteiger partial charge in [-0.2, -0.15) is 0 Å². The number of carbonyl (C=O) groups excluding carboxylic acids is 1. The van der Waals surface area contributed by atoms with Crippen LogP contribution >= 0.6 is 0 Å². The number of H-pyrrole nitrogens is 1. The van der Waals surface area contributed by atoms with Crippen molar-refractivity contribution in [2.24, 2.45) is 0 Å². The van der Waals surface area contributed by atoms with Crippen LogP contribution in [-0.4, -0.2) is 26.6 Å². The Hall–Kier alpha value is -2.66. The van der Waals surface area contributed by atoms with Crippen LogP contribution in [0.5, 0.6) is 0 Å². The Kier molecular flexibility index (Phi) is 3.16. The van der Waals surface area contributed by atoms with Crippen molar-refractivity contribution in [3.63, 3.8) is 0 Å². The van der Waals surface area contributed by atoms with Crippen LogP contribution in [-0.2, 0) is 17.6 Å². The fraction of sp³-hybridized carbons (Fsp3) is 0.222. The molecule has 0 fully saturated rings. The van der Waals surface area contributed by atoms with Crippen molar-refractivity contribution in [3.05, 3.63) is 59.9 Å². The van der Waals surface area contributed by atoms with E-state index in [-0.39, 0.29) is 5.91 Å². The number of rotatable bonds is 2. The molecule has 1 aliphatic rings. The number of imidazole rings is 1. The molecule has 23 heavy (non-hydrogen) atoms. The van der Waals surface area contributed by atoms with Crippen LogP contribution in [0.4, 0.5) is 5.69 Å². The molecule has 3 aromatic rings. The molecule has 0 radical (unpaired) electrons. The van der Waals surface area contributed by atoms with E-state index in [4.69, 9.17) is 0 Å². The first-order valence-corrected chi connectivity index (χ1v) is 7.68. The second-order valence-corrected chi connectivity index (χ2v) is 6.07. The van der Waals surface area contributed by atoms with Crippen LogP contribution in [0.1, 0.15) is 17.5 Å². The summed E-state index contributed by atoms with van der Waals surface area (Å²) in [7, 11) is 0. The van der Waals surface area contributed by atoms with Crippen LogP contribution in [0.25, 0.3) is 11.0 Å². The maximum absolute atomic E-state index is 12.6. The Morgan fingerprint density at radius 3 is 2.91 bits per heavy atom. The van der Waals surface area contributed by atoms with Crippen molar-refractivity contribution in [1.29, 1.82) is 0 Å². The summed E-state index contributed by atoms with van der Waals surface area (Å²) < 4.78 is 0. The minimum absolute atomic E-state index is 0.349. The van der Waals surface area contributed by atoms with E-state index in [1.165, 1.54) is 5.56 Å². The number of aromatic amines is 1. The van der Waals surface area contributed by atoms with E-state index < -0.39 is 5.60 Å². The van der Waals surface area contributed by atoms with E-state index in [0.717, 1.165) is 16.6 Å². The van der Waals surface area contributed by atoms with Gasteiger partial charge in [0.15, 0.2) is 0 Å². The van der Waals surface area contributed by atoms with Crippen LogP contribution in [0, 0.1) is 0 Å². The number of nitrogens with one attached hydrogen (secondary N) is 2. The largest absolute Gasteiger partial charge is 0.380 e. The van der Waals surface area contributed by atoms with Gasteiger partial charge in [-0.25, -0.2) is 4.98 Å². The van der Waals surface area contributed by atoms with Crippen LogP contribution in [0.2, 0.25) is 0 Å². The van der Waals surface area contributed by atoms with Gasteiger partial charge in [0.1, 0.15) is 5.60 Å². The lowest BCUT2D eigenvalue weighted by atomic mass is 9.80. The minimum Gasteiger partial charge on any atom is -0.380 e. The molecule has 0 saturated heterocycles. The molecule has 0 spiro atoms. The van der Waals surface area contributed by atoms with Crippen LogP contribution < -0.4 is 5.32 Å². The lowest BCUT2D eigenvalue weighted by Crippen LogP contribution is -2.47. The molecule has 0 aliphatic heterocycles. The molecular formula is C18H17N3O2. The van der Waals surface area contributed by atoms with Crippen molar-refractivity contribution < 1.29 is 9.90 Å². The highest BCUT2D eigenvalue weighted by Crippen LogP contribution is 2.30. The number of aromatic nitrogens is 2. The predicted molar refractivity (Wildman–Crippen MR) is 88.1 cm³/mol. The molecule has 1 atom stereocenters. The van der Waals surface area contributed by atoms with E-state index in [0.29, 0.717) is 24.9 Å². The monoisotopic (exact) mass is 307 g/mol. The first-order chi connectivity index (χ1) is 11.1. The molecule has 5 nitrogen and oxygen atoms in total. The van der Waals surface area contributed by atoms with Crippen molar-refractivity contribution >= 4 is 22.6 Å². The summed E-state index contributed by atoms with van der Waals surface area (Å²) in [5.41, 5.74) is 3.23. The Labute approximate surface area is 133 Å². The maximum atomic E-state index is 12.6. The standard InChI is InChI=1S/C18H17N3O2/c22-17(21-14-5-6-15-16(9-14)20-11-19-15)18(23)8-7-12-3-1-2-4-13(12)10-18/h1-6,9,11,23H,7-8,10H2,(H,19,20)(H,21,22)/t18-/m1/s1. The molecule has 1 aromatic heterocycles. The second kappa shape index (κ2) is 5.21. The molecule has 0 bridgehead atoms. The third-order valence-corrected chi connectivity index (χ3v) is 4.51. The zero-order valence-corrected chi connectivity index (χ0v) is 12.5. The SMILES string of the molecule is O=C(Nc1ccc2nc[nH]c2c1)[C@@]1(O)CCc2ccccc2C1.